The lowest BCUT2D eigenvalue weighted by molar-refractivity contribution is 0.199. The predicted molar refractivity (Wildman–Crippen MR) is 109 cm³/mol. The monoisotopic (exact) mass is 316 g/mol. The summed E-state index contributed by atoms with van der Waals surface area (Å²) in [7, 11) is 1.71. The summed E-state index contributed by atoms with van der Waals surface area (Å²) in [6, 6.07) is 20.6. The third-order valence-electron chi connectivity index (χ3n) is 2.48. The average molecular weight is 317 g/mol. The van der Waals surface area contributed by atoms with Crippen LogP contribution in [0, 0.1) is 0 Å². The molecule has 0 aliphatic heterocycles. The van der Waals surface area contributed by atoms with Gasteiger partial charge in [0.1, 0.15) is 0 Å². The second-order valence-electron chi connectivity index (χ2n) is 4.15. The first-order valence-electron chi connectivity index (χ1n) is 7.64. The molecule has 0 spiro atoms. The van der Waals surface area contributed by atoms with Crippen LogP contribution in [0.5, 0.6) is 0 Å². The van der Waals surface area contributed by atoms with E-state index in [1.165, 1.54) is 11.1 Å². The molecule has 2 rings (SSSR count). The van der Waals surface area contributed by atoms with Gasteiger partial charge in [-0.05, 0) is 17.5 Å². The molecule has 0 saturated carbocycles. The molecule has 0 bridgehead atoms. The molecule has 1 nitrogen and oxygen atoms in total. The summed E-state index contributed by atoms with van der Waals surface area (Å²) >= 11 is 0. The van der Waals surface area contributed by atoms with Crippen molar-refractivity contribution in [3.8, 4) is 0 Å². The van der Waals surface area contributed by atoms with E-state index in [0.29, 0.717) is 0 Å². The number of hydrogen-bond donors (Lipinski definition) is 0. The molecule has 0 N–H and O–H groups in total. The molecule has 0 heterocycles. The van der Waals surface area contributed by atoms with Crippen molar-refractivity contribution in [2.75, 3.05) is 13.7 Å². The third kappa shape index (κ3) is 14.8. The molecule has 2 aromatic carbocycles. The van der Waals surface area contributed by atoms with Gasteiger partial charge in [0, 0.05) is 13.7 Å². The van der Waals surface area contributed by atoms with Gasteiger partial charge >= 0.3 is 0 Å². The first-order valence-corrected chi connectivity index (χ1v) is 7.64. The van der Waals surface area contributed by atoms with Crippen LogP contribution < -0.4 is 0 Å². The lowest BCUT2D eigenvalue weighted by atomic mass is 10.1. The van der Waals surface area contributed by atoms with Gasteiger partial charge in [0.15, 0.2) is 0 Å². The summed E-state index contributed by atoms with van der Waals surface area (Å²) in [5, 5.41) is 0. The minimum atomic E-state index is 0. The van der Waals surface area contributed by atoms with Crippen LogP contribution in [0.1, 0.15) is 53.2 Å². The molecule has 0 aliphatic carbocycles. The van der Waals surface area contributed by atoms with Gasteiger partial charge in [0.05, 0.1) is 0 Å². The standard InChI is InChI=1S/C14H12.C4H10O.C2H6.2CH4/c1-3-7-13(8-4-1)11-12-14-9-5-2-6-10-14;1-3-4-5-2;1-2;;/h1-12H;3-4H2,1-2H3;1-2H3;2*1H4/b12-11+;;;;. The molecule has 0 saturated heterocycles. The molecule has 0 radical (unpaired) electrons. The smallest absolute Gasteiger partial charge is 0.0459 e. The van der Waals surface area contributed by atoms with Crippen LogP contribution in [0.25, 0.3) is 12.2 Å². The molecular weight excluding hydrogens is 280 g/mol. The van der Waals surface area contributed by atoms with E-state index in [9.17, 15) is 0 Å². The van der Waals surface area contributed by atoms with Crippen LogP contribution in [-0.2, 0) is 4.74 Å². The van der Waals surface area contributed by atoms with Crippen molar-refractivity contribution in [1.29, 1.82) is 0 Å². The lowest BCUT2D eigenvalue weighted by Crippen LogP contribution is -1.80. The molecule has 0 aromatic heterocycles. The number of hydrogen-bond acceptors (Lipinski definition) is 1. The minimum absolute atomic E-state index is 0. The SMILES string of the molecule is C.C.C(=C\c1ccccc1)/c1ccccc1.CC.CCCOC. The Bertz CT molecular complexity index is 402. The molecule has 23 heavy (non-hydrogen) atoms. The van der Waals surface area contributed by atoms with E-state index >= 15 is 0 Å². The van der Waals surface area contributed by atoms with Gasteiger partial charge in [-0.15, -0.1) is 0 Å². The molecule has 2 aromatic rings. The van der Waals surface area contributed by atoms with Crippen molar-refractivity contribution in [3.63, 3.8) is 0 Å². The van der Waals surface area contributed by atoms with E-state index in [1.807, 2.05) is 50.2 Å². The van der Waals surface area contributed by atoms with Gasteiger partial charge in [-0.2, -0.15) is 0 Å². The first-order chi connectivity index (χ1) is 10.4. The molecule has 0 unspecified atom stereocenters. The van der Waals surface area contributed by atoms with Gasteiger partial charge in [0.2, 0.25) is 0 Å². The summed E-state index contributed by atoms with van der Waals surface area (Å²) in [6.45, 7) is 6.98. The fraction of sp³-hybridized carbons (Fsp3) is 0.364. The van der Waals surface area contributed by atoms with Gasteiger partial charge in [-0.1, -0.05) is 108 Å². The maximum absolute atomic E-state index is 4.69. The first kappa shape index (κ1) is 26.1. The van der Waals surface area contributed by atoms with Crippen molar-refractivity contribution in [2.45, 2.75) is 42.0 Å². The molecular formula is C22H36O. The van der Waals surface area contributed by atoms with Gasteiger partial charge < -0.3 is 4.74 Å². The van der Waals surface area contributed by atoms with Gasteiger partial charge in [0.25, 0.3) is 0 Å². The highest BCUT2D eigenvalue weighted by Gasteiger charge is 1.84. The van der Waals surface area contributed by atoms with Crippen LogP contribution >= 0.6 is 0 Å². The zero-order valence-electron chi connectivity index (χ0n) is 13.8. The van der Waals surface area contributed by atoms with E-state index < -0.39 is 0 Å². The lowest BCUT2D eigenvalue weighted by Gasteiger charge is -1.92. The van der Waals surface area contributed by atoms with Crippen LogP contribution in [0.15, 0.2) is 60.7 Å². The Labute approximate surface area is 145 Å². The second kappa shape index (κ2) is 20.1. The summed E-state index contributed by atoms with van der Waals surface area (Å²) < 4.78 is 4.69. The summed E-state index contributed by atoms with van der Waals surface area (Å²) in [5.74, 6) is 0. The van der Waals surface area contributed by atoms with Crippen molar-refractivity contribution >= 4 is 12.2 Å². The summed E-state index contributed by atoms with van der Waals surface area (Å²) in [4.78, 5) is 0. The van der Waals surface area contributed by atoms with E-state index in [2.05, 4.69) is 43.3 Å². The van der Waals surface area contributed by atoms with Crippen molar-refractivity contribution < 1.29 is 4.74 Å². The quantitative estimate of drug-likeness (QED) is 0.542. The van der Waals surface area contributed by atoms with Gasteiger partial charge in [-0.25, -0.2) is 0 Å². The van der Waals surface area contributed by atoms with E-state index in [-0.39, 0.29) is 14.9 Å². The zero-order valence-corrected chi connectivity index (χ0v) is 13.8. The maximum Gasteiger partial charge on any atom is 0.0459 e. The highest BCUT2D eigenvalue weighted by molar-refractivity contribution is 5.69. The summed E-state index contributed by atoms with van der Waals surface area (Å²) in [6.07, 6.45) is 5.36. The van der Waals surface area contributed by atoms with Crippen LogP contribution in [0.4, 0.5) is 0 Å². The van der Waals surface area contributed by atoms with Crippen LogP contribution in [0.3, 0.4) is 0 Å². The fourth-order valence-electron chi connectivity index (χ4n) is 1.52. The van der Waals surface area contributed by atoms with E-state index in [0.717, 1.165) is 13.0 Å². The Balaban J connectivity index is -0.000000387. The molecule has 0 amide bonds. The second-order valence-corrected chi connectivity index (χ2v) is 4.15. The number of methoxy groups -OCH3 is 1. The highest BCUT2D eigenvalue weighted by Crippen LogP contribution is 2.06. The maximum atomic E-state index is 4.69. The predicted octanol–water partition coefficient (Wildman–Crippen LogP) is 7.20. The Kier molecular flexibility index (Phi) is 22.8. The van der Waals surface area contributed by atoms with Crippen molar-refractivity contribution in [3.05, 3.63) is 71.8 Å². The minimum Gasteiger partial charge on any atom is -0.385 e. The molecule has 0 atom stereocenters. The Hall–Kier alpha value is -1.86. The summed E-state index contributed by atoms with van der Waals surface area (Å²) in [5.41, 5.74) is 2.47. The highest BCUT2D eigenvalue weighted by atomic mass is 16.5. The topological polar surface area (TPSA) is 9.23 Å². The van der Waals surface area contributed by atoms with E-state index in [1.54, 1.807) is 7.11 Å². The Morgan fingerprint density at radius 1 is 0.739 bits per heavy atom. The number of rotatable bonds is 4. The van der Waals surface area contributed by atoms with Crippen molar-refractivity contribution in [1.82, 2.24) is 0 Å². The average Bonchev–Trinajstić information content (AvgIpc) is 2.58. The Morgan fingerprint density at radius 3 is 1.30 bits per heavy atom. The van der Waals surface area contributed by atoms with E-state index in [4.69, 9.17) is 4.74 Å². The van der Waals surface area contributed by atoms with Crippen molar-refractivity contribution in [2.24, 2.45) is 0 Å². The molecule has 0 aliphatic rings. The number of ether oxygens (including phenoxy) is 1. The Morgan fingerprint density at radius 2 is 1.09 bits per heavy atom. The van der Waals surface area contributed by atoms with Crippen LogP contribution in [0.2, 0.25) is 0 Å². The van der Waals surface area contributed by atoms with Crippen LogP contribution in [-0.4, -0.2) is 13.7 Å². The largest absolute Gasteiger partial charge is 0.385 e. The number of benzene rings is 2. The molecule has 0 fully saturated rings. The molecule has 1 heteroatoms. The third-order valence-corrected chi connectivity index (χ3v) is 2.48. The fourth-order valence-corrected chi connectivity index (χ4v) is 1.52. The zero-order chi connectivity index (χ0) is 15.8. The normalized spacial score (nSPS) is 8.52. The van der Waals surface area contributed by atoms with Gasteiger partial charge in [-0.3, -0.25) is 0 Å². The molecule has 130 valence electrons.